The molecule has 0 saturated heterocycles. The van der Waals surface area contributed by atoms with Crippen LogP contribution >= 0.6 is 7.60 Å². The summed E-state index contributed by atoms with van der Waals surface area (Å²) in [6.07, 6.45) is 3.92. The Morgan fingerprint density at radius 1 is 1.05 bits per heavy atom. The van der Waals surface area contributed by atoms with Gasteiger partial charge in [-0.1, -0.05) is 26.0 Å². The largest absolute Gasteiger partial charge is 0.336 e. The van der Waals surface area contributed by atoms with E-state index in [1.54, 1.807) is 50.5 Å². The Hall–Kier alpha value is -1.55. The van der Waals surface area contributed by atoms with Crippen molar-refractivity contribution in [3.8, 4) is 11.4 Å². The van der Waals surface area contributed by atoms with Crippen LogP contribution in [0.1, 0.15) is 32.3 Å². The van der Waals surface area contributed by atoms with Crippen molar-refractivity contribution in [2.24, 2.45) is 0 Å². The fourth-order valence-electron chi connectivity index (χ4n) is 2.69. The molecule has 2 aromatic heterocycles. The highest BCUT2D eigenvalue weighted by atomic mass is 31.2. The van der Waals surface area contributed by atoms with E-state index in [0.29, 0.717) is 29.8 Å². The number of pyridine rings is 2. The minimum Gasteiger partial charge on any atom is -0.324 e. The molecule has 5 nitrogen and oxygen atoms in total. The highest BCUT2D eigenvalue weighted by molar-refractivity contribution is 7.53. The maximum absolute atomic E-state index is 12.1. The topological polar surface area (TPSA) is 83.3 Å². The zero-order chi connectivity index (χ0) is 15.5. The monoisotopic (exact) mass is 306 g/mol. The minimum absolute atomic E-state index is 0.333. The molecule has 0 unspecified atom stereocenters. The van der Waals surface area contributed by atoms with Gasteiger partial charge in [-0.25, -0.2) is 0 Å². The molecule has 0 aliphatic carbocycles. The third kappa shape index (κ3) is 2.77. The van der Waals surface area contributed by atoms with Crippen molar-refractivity contribution in [3.63, 3.8) is 0 Å². The highest BCUT2D eigenvalue weighted by Gasteiger charge is 2.47. The van der Waals surface area contributed by atoms with Gasteiger partial charge < -0.3 is 9.79 Å². The summed E-state index contributed by atoms with van der Waals surface area (Å²) < 4.78 is 12.1. The van der Waals surface area contributed by atoms with Crippen LogP contribution in [-0.4, -0.2) is 19.8 Å². The fraction of sp³-hybridized carbons (Fsp3) is 0.333. The van der Waals surface area contributed by atoms with Gasteiger partial charge in [-0.05, 0) is 36.6 Å². The Labute approximate surface area is 124 Å². The molecule has 0 atom stereocenters. The average molecular weight is 306 g/mol. The van der Waals surface area contributed by atoms with E-state index >= 15 is 0 Å². The van der Waals surface area contributed by atoms with Crippen LogP contribution in [0.3, 0.4) is 0 Å². The summed E-state index contributed by atoms with van der Waals surface area (Å²) >= 11 is 0. The molecule has 0 fully saturated rings. The van der Waals surface area contributed by atoms with E-state index in [1.165, 1.54) is 0 Å². The molecule has 0 aliphatic rings. The maximum Gasteiger partial charge on any atom is 0.336 e. The van der Waals surface area contributed by atoms with E-state index in [2.05, 4.69) is 9.97 Å². The van der Waals surface area contributed by atoms with Crippen LogP contribution < -0.4 is 0 Å². The van der Waals surface area contributed by atoms with Gasteiger partial charge in [-0.15, -0.1) is 0 Å². The molecule has 2 heterocycles. The lowest BCUT2D eigenvalue weighted by molar-refractivity contribution is 0.315. The summed E-state index contributed by atoms with van der Waals surface area (Å²) in [4.78, 5) is 28.4. The van der Waals surface area contributed by atoms with Gasteiger partial charge in [-0.3, -0.25) is 14.5 Å². The molecule has 0 amide bonds. The van der Waals surface area contributed by atoms with Crippen LogP contribution in [0.25, 0.3) is 11.4 Å². The van der Waals surface area contributed by atoms with E-state index in [0.717, 1.165) is 0 Å². The SMILES string of the molecule is CCC(CC)(c1cccnc1-c1ccccn1)P(=O)(O)O. The summed E-state index contributed by atoms with van der Waals surface area (Å²) in [5.74, 6) is 0. The molecule has 0 aliphatic heterocycles. The second kappa shape index (κ2) is 6.06. The zero-order valence-electron chi connectivity index (χ0n) is 12.1. The zero-order valence-corrected chi connectivity index (χ0v) is 13.0. The van der Waals surface area contributed by atoms with E-state index in [-0.39, 0.29) is 0 Å². The van der Waals surface area contributed by atoms with E-state index < -0.39 is 12.8 Å². The molecule has 0 bridgehead atoms. The van der Waals surface area contributed by atoms with Gasteiger partial charge >= 0.3 is 7.60 Å². The van der Waals surface area contributed by atoms with Crippen LogP contribution in [0, 0.1) is 0 Å². The van der Waals surface area contributed by atoms with E-state index in [9.17, 15) is 14.4 Å². The molecule has 2 N–H and O–H groups in total. The summed E-state index contributed by atoms with van der Waals surface area (Å²) in [6.45, 7) is 3.58. The van der Waals surface area contributed by atoms with Crippen LogP contribution in [-0.2, 0) is 9.72 Å². The first-order valence-electron chi connectivity index (χ1n) is 6.89. The summed E-state index contributed by atoms with van der Waals surface area (Å²) in [5.41, 5.74) is 1.71. The van der Waals surface area contributed by atoms with Gasteiger partial charge in [0.1, 0.15) is 0 Å². The lowest BCUT2D eigenvalue weighted by Crippen LogP contribution is -2.25. The van der Waals surface area contributed by atoms with Gasteiger partial charge in [0.2, 0.25) is 0 Å². The van der Waals surface area contributed by atoms with Crippen molar-refractivity contribution >= 4 is 7.60 Å². The van der Waals surface area contributed by atoms with Crippen molar-refractivity contribution in [1.29, 1.82) is 0 Å². The first-order valence-corrected chi connectivity index (χ1v) is 8.50. The maximum atomic E-state index is 12.1. The lowest BCUT2D eigenvalue weighted by Gasteiger charge is -2.33. The molecule has 0 aromatic carbocycles. The van der Waals surface area contributed by atoms with Crippen LogP contribution in [0.15, 0.2) is 42.7 Å². The molecule has 112 valence electrons. The minimum atomic E-state index is -4.34. The number of hydrogen-bond acceptors (Lipinski definition) is 3. The standard InChI is InChI=1S/C15H19N2O3P/c1-3-15(4-2,21(18,19)20)12-8-7-11-17-14(12)13-9-5-6-10-16-13/h5-11H,3-4H2,1-2H3,(H2,18,19,20). The van der Waals surface area contributed by atoms with Gasteiger partial charge in [0, 0.05) is 12.4 Å². The molecule has 21 heavy (non-hydrogen) atoms. The summed E-state index contributed by atoms with van der Waals surface area (Å²) in [5, 5.41) is -1.23. The van der Waals surface area contributed by atoms with Gasteiger partial charge in [0.25, 0.3) is 0 Å². The molecular formula is C15H19N2O3P. The molecule has 2 aromatic rings. The predicted octanol–water partition coefficient (Wildman–Crippen LogP) is 3.34. The fourth-order valence-corrected chi connectivity index (χ4v) is 4.01. The number of nitrogens with zero attached hydrogens (tertiary/aromatic N) is 2. The smallest absolute Gasteiger partial charge is 0.324 e. The second-order valence-corrected chi connectivity index (χ2v) is 6.84. The normalized spacial score (nSPS) is 12.4. The Balaban J connectivity index is 2.72. The Morgan fingerprint density at radius 2 is 1.71 bits per heavy atom. The van der Waals surface area contributed by atoms with Crippen molar-refractivity contribution in [3.05, 3.63) is 48.3 Å². The Kier molecular flexibility index (Phi) is 4.57. The predicted molar refractivity (Wildman–Crippen MR) is 81.8 cm³/mol. The summed E-state index contributed by atoms with van der Waals surface area (Å²) in [7, 11) is -4.34. The van der Waals surface area contributed by atoms with Crippen LogP contribution in [0.4, 0.5) is 0 Å². The lowest BCUT2D eigenvalue weighted by atomic mass is 9.90. The number of hydrogen-bond donors (Lipinski definition) is 2. The number of rotatable bonds is 5. The van der Waals surface area contributed by atoms with Gasteiger partial charge in [-0.2, -0.15) is 0 Å². The van der Waals surface area contributed by atoms with Crippen LogP contribution in [0.2, 0.25) is 0 Å². The van der Waals surface area contributed by atoms with Crippen molar-refractivity contribution < 1.29 is 14.4 Å². The third-order valence-electron chi connectivity index (χ3n) is 3.94. The first kappa shape index (κ1) is 15.8. The van der Waals surface area contributed by atoms with Crippen LogP contribution in [0.5, 0.6) is 0 Å². The quantitative estimate of drug-likeness (QED) is 0.828. The second-order valence-electron chi connectivity index (χ2n) is 4.90. The molecular weight excluding hydrogens is 287 g/mol. The molecule has 0 spiro atoms. The third-order valence-corrected chi connectivity index (χ3v) is 5.93. The van der Waals surface area contributed by atoms with E-state index in [1.807, 2.05) is 6.07 Å². The summed E-state index contributed by atoms with van der Waals surface area (Å²) in [6, 6.07) is 8.86. The molecule has 0 saturated carbocycles. The highest BCUT2D eigenvalue weighted by Crippen LogP contribution is 2.61. The molecule has 6 heteroatoms. The van der Waals surface area contributed by atoms with Gasteiger partial charge in [0.05, 0.1) is 16.5 Å². The first-order chi connectivity index (χ1) is 9.96. The Morgan fingerprint density at radius 3 is 2.24 bits per heavy atom. The van der Waals surface area contributed by atoms with Crippen molar-refractivity contribution in [2.45, 2.75) is 31.8 Å². The molecule has 2 rings (SSSR count). The Bertz CT molecular complexity index is 651. The van der Waals surface area contributed by atoms with Crippen molar-refractivity contribution in [1.82, 2.24) is 9.97 Å². The van der Waals surface area contributed by atoms with E-state index in [4.69, 9.17) is 0 Å². The molecule has 0 radical (unpaired) electrons. The van der Waals surface area contributed by atoms with Crippen molar-refractivity contribution in [2.75, 3.05) is 0 Å². The number of aromatic nitrogens is 2. The van der Waals surface area contributed by atoms with Gasteiger partial charge in [0.15, 0.2) is 0 Å². The average Bonchev–Trinajstić information content (AvgIpc) is 2.49.